The molecule has 1 aromatic heterocycles. The van der Waals surface area contributed by atoms with Crippen molar-refractivity contribution >= 4 is 10.9 Å². The average molecular weight is 372 g/mol. The maximum absolute atomic E-state index is 9.10. The van der Waals surface area contributed by atoms with Gasteiger partial charge in [-0.1, -0.05) is 54.6 Å². The Labute approximate surface area is 170 Å². The van der Waals surface area contributed by atoms with Gasteiger partial charge in [0.2, 0.25) is 0 Å². The summed E-state index contributed by atoms with van der Waals surface area (Å²) in [6.07, 6.45) is 6.79. The van der Waals surface area contributed by atoms with Crippen molar-refractivity contribution in [3.05, 3.63) is 95.6 Å². The molecular formula is C27H20N2. The van der Waals surface area contributed by atoms with Crippen LogP contribution >= 0.6 is 0 Å². The molecule has 0 amide bonds. The third-order valence-electron chi connectivity index (χ3n) is 6.82. The molecule has 0 aliphatic heterocycles. The van der Waals surface area contributed by atoms with E-state index in [2.05, 4.69) is 84.4 Å². The maximum atomic E-state index is 9.10. The van der Waals surface area contributed by atoms with Crippen LogP contribution in [0.1, 0.15) is 29.5 Å². The highest BCUT2D eigenvalue weighted by Crippen LogP contribution is 2.58. The van der Waals surface area contributed by atoms with Crippen LogP contribution < -0.4 is 0 Å². The number of fused-ring (bicyclic) bond motifs is 7. The van der Waals surface area contributed by atoms with Gasteiger partial charge in [0.15, 0.2) is 0 Å². The molecule has 0 fully saturated rings. The second kappa shape index (κ2) is 5.72. The molecule has 2 aliphatic rings. The number of hydrogen-bond acceptors (Lipinski definition) is 1. The summed E-state index contributed by atoms with van der Waals surface area (Å²) in [6.45, 7) is 0. The zero-order valence-corrected chi connectivity index (χ0v) is 16.3. The smallest absolute Gasteiger partial charge is 0.0991 e. The van der Waals surface area contributed by atoms with Crippen molar-refractivity contribution in [1.29, 1.82) is 5.26 Å². The van der Waals surface area contributed by atoms with Gasteiger partial charge in [-0.3, -0.25) is 0 Å². The zero-order chi connectivity index (χ0) is 19.6. The van der Waals surface area contributed by atoms with Gasteiger partial charge in [0.1, 0.15) is 0 Å². The minimum atomic E-state index is 0.0358. The summed E-state index contributed by atoms with van der Waals surface area (Å²) >= 11 is 0. The largest absolute Gasteiger partial charge is 0.343 e. The molecule has 0 saturated heterocycles. The van der Waals surface area contributed by atoms with Crippen LogP contribution in [0, 0.1) is 11.3 Å². The lowest BCUT2D eigenvalue weighted by Crippen LogP contribution is -2.21. The molecule has 0 bridgehead atoms. The van der Waals surface area contributed by atoms with Gasteiger partial charge in [-0.15, -0.1) is 0 Å². The summed E-state index contributed by atoms with van der Waals surface area (Å²) in [5, 5.41) is 10.5. The Morgan fingerprint density at radius 2 is 1.62 bits per heavy atom. The predicted octanol–water partition coefficient (Wildman–Crippen LogP) is 6.33. The van der Waals surface area contributed by atoms with Crippen molar-refractivity contribution in [3.63, 3.8) is 0 Å². The number of rotatable bonds is 1. The highest BCUT2D eigenvalue weighted by Gasteiger charge is 2.46. The molecule has 0 saturated carbocycles. The van der Waals surface area contributed by atoms with Crippen LogP contribution in [0.5, 0.6) is 0 Å². The molecule has 1 spiro atoms. The van der Waals surface area contributed by atoms with Crippen molar-refractivity contribution in [1.82, 2.24) is 4.57 Å². The molecule has 29 heavy (non-hydrogen) atoms. The predicted molar refractivity (Wildman–Crippen MR) is 118 cm³/mol. The Morgan fingerprint density at radius 3 is 2.38 bits per heavy atom. The monoisotopic (exact) mass is 372 g/mol. The van der Waals surface area contributed by atoms with Crippen LogP contribution in [0.25, 0.3) is 33.3 Å². The Bertz CT molecular complexity index is 1350. The molecule has 4 aromatic rings. The molecule has 0 unspecified atom stereocenters. The second-order valence-corrected chi connectivity index (χ2v) is 8.21. The zero-order valence-electron chi connectivity index (χ0n) is 16.3. The third kappa shape index (κ3) is 2.05. The fourth-order valence-electron chi connectivity index (χ4n) is 5.47. The van der Waals surface area contributed by atoms with Gasteiger partial charge < -0.3 is 4.57 Å². The van der Waals surface area contributed by atoms with E-state index >= 15 is 0 Å². The summed E-state index contributed by atoms with van der Waals surface area (Å²) in [4.78, 5) is 0. The first-order valence-corrected chi connectivity index (χ1v) is 10.1. The van der Waals surface area contributed by atoms with E-state index < -0.39 is 0 Å². The molecule has 138 valence electrons. The fourth-order valence-corrected chi connectivity index (χ4v) is 5.47. The van der Waals surface area contributed by atoms with Gasteiger partial charge >= 0.3 is 0 Å². The molecule has 3 aromatic carbocycles. The lowest BCUT2D eigenvalue weighted by molar-refractivity contribution is 0.577. The molecule has 2 heteroatoms. The van der Waals surface area contributed by atoms with E-state index in [9.17, 15) is 0 Å². The summed E-state index contributed by atoms with van der Waals surface area (Å²) in [5.41, 5.74) is 10.1. The molecule has 0 N–H and O–H groups in total. The average Bonchev–Trinajstić information content (AvgIpc) is 3.45. The van der Waals surface area contributed by atoms with Crippen LogP contribution in [0.15, 0.2) is 78.9 Å². The van der Waals surface area contributed by atoms with Crippen molar-refractivity contribution < 1.29 is 0 Å². The minimum Gasteiger partial charge on any atom is -0.343 e. The first-order valence-electron chi connectivity index (χ1n) is 10.1. The van der Waals surface area contributed by atoms with Crippen LogP contribution in [-0.4, -0.2) is 4.57 Å². The van der Waals surface area contributed by atoms with Crippen LogP contribution in [-0.2, 0) is 12.5 Å². The highest BCUT2D eigenvalue weighted by molar-refractivity contribution is 5.98. The van der Waals surface area contributed by atoms with Gasteiger partial charge in [0.25, 0.3) is 0 Å². The van der Waals surface area contributed by atoms with Gasteiger partial charge in [-0.2, -0.15) is 5.26 Å². The fraction of sp³-hybridized carbons (Fsp3) is 0.148. The number of hydrogen-bond donors (Lipinski definition) is 0. The summed E-state index contributed by atoms with van der Waals surface area (Å²) < 4.78 is 2.37. The van der Waals surface area contributed by atoms with Gasteiger partial charge in [-0.05, 0) is 59.4 Å². The molecule has 1 heterocycles. The third-order valence-corrected chi connectivity index (χ3v) is 6.82. The number of nitriles is 1. The maximum Gasteiger partial charge on any atom is 0.0991 e. The highest BCUT2D eigenvalue weighted by atomic mass is 15.0. The second-order valence-electron chi connectivity index (χ2n) is 8.21. The molecule has 6 rings (SSSR count). The number of para-hydroxylation sites is 1. The van der Waals surface area contributed by atoms with E-state index in [4.69, 9.17) is 5.26 Å². The van der Waals surface area contributed by atoms with Crippen molar-refractivity contribution in [3.8, 4) is 28.5 Å². The van der Waals surface area contributed by atoms with Crippen LogP contribution in [0.2, 0.25) is 0 Å². The topological polar surface area (TPSA) is 28.7 Å². The van der Waals surface area contributed by atoms with Crippen molar-refractivity contribution in [2.24, 2.45) is 7.05 Å². The molecule has 2 nitrogen and oxygen atoms in total. The van der Waals surface area contributed by atoms with E-state index in [1.54, 1.807) is 0 Å². The lowest BCUT2D eigenvalue weighted by Gasteiger charge is -2.27. The number of aromatic nitrogens is 1. The standard InChI is InChI=1S/C27H20N2/c1-29-24-7-3-2-6-22(24)25-26(29)21-13-12-20(19-10-8-18(17-28)9-11-19)16-23(21)27(25)14-4-5-15-27/h2-13,16H,14-15H2,1H3. The number of nitrogens with zero attached hydrogens (tertiary/aromatic N) is 2. The van der Waals surface area contributed by atoms with E-state index in [-0.39, 0.29) is 5.41 Å². The normalized spacial score (nSPS) is 15.6. The van der Waals surface area contributed by atoms with E-state index in [1.807, 2.05) is 12.1 Å². The minimum absolute atomic E-state index is 0.0358. The summed E-state index contributed by atoms with van der Waals surface area (Å²) in [7, 11) is 2.20. The SMILES string of the molecule is Cn1c2c(c3ccccc31)C1(CC=CC1)c1cc(-c3ccc(C#N)cc3)ccc1-2. The van der Waals surface area contributed by atoms with E-state index in [0.717, 1.165) is 18.4 Å². The first kappa shape index (κ1) is 16.4. The van der Waals surface area contributed by atoms with Crippen molar-refractivity contribution in [2.45, 2.75) is 18.3 Å². The lowest BCUT2D eigenvalue weighted by atomic mass is 9.75. The number of benzene rings is 3. The molecule has 2 aliphatic carbocycles. The summed E-state index contributed by atoms with van der Waals surface area (Å²) in [6, 6.07) is 25.8. The Morgan fingerprint density at radius 1 is 0.897 bits per heavy atom. The number of allylic oxidation sites excluding steroid dienone is 2. The van der Waals surface area contributed by atoms with Crippen LogP contribution in [0.3, 0.4) is 0 Å². The quantitative estimate of drug-likeness (QED) is 0.359. The molecule has 0 atom stereocenters. The Balaban J connectivity index is 1.62. The van der Waals surface area contributed by atoms with Gasteiger partial charge in [0.05, 0.1) is 17.3 Å². The van der Waals surface area contributed by atoms with E-state index in [0.29, 0.717) is 5.56 Å². The van der Waals surface area contributed by atoms with Crippen molar-refractivity contribution in [2.75, 3.05) is 0 Å². The number of aryl methyl sites for hydroxylation is 1. The Kier molecular flexibility index (Phi) is 3.23. The van der Waals surface area contributed by atoms with Gasteiger partial charge in [-0.25, -0.2) is 0 Å². The first-order chi connectivity index (χ1) is 14.2. The van der Waals surface area contributed by atoms with E-state index in [1.165, 1.54) is 38.9 Å². The van der Waals surface area contributed by atoms with Crippen LogP contribution in [0.4, 0.5) is 0 Å². The van der Waals surface area contributed by atoms with Gasteiger partial charge in [0, 0.05) is 28.9 Å². The Hall–Kier alpha value is -3.57. The summed E-state index contributed by atoms with van der Waals surface area (Å²) in [5.74, 6) is 0. The molecule has 0 radical (unpaired) electrons. The molecular weight excluding hydrogens is 352 g/mol.